The number of halogens is 1. The van der Waals surface area contributed by atoms with E-state index in [-0.39, 0.29) is 24.0 Å². The number of anilines is 1. The summed E-state index contributed by atoms with van der Waals surface area (Å²) in [5, 5.41) is 7.51. The number of guanidine groups is 1. The molecule has 0 fully saturated rings. The lowest BCUT2D eigenvalue weighted by atomic mass is 10.1. The monoisotopic (exact) mass is 413 g/mol. The molecule has 0 saturated heterocycles. The zero-order valence-electron chi connectivity index (χ0n) is 13.8. The van der Waals surface area contributed by atoms with Gasteiger partial charge in [-0.15, -0.1) is 24.0 Å². The van der Waals surface area contributed by atoms with Gasteiger partial charge in [0, 0.05) is 24.0 Å². The second-order valence-corrected chi connectivity index (χ2v) is 5.40. The van der Waals surface area contributed by atoms with E-state index in [1.165, 1.54) is 11.1 Å². The highest BCUT2D eigenvalue weighted by atomic mass is 127. The van der Waals surface area contributed by atoms with Crippen LogP contribution in [0.2, 0.25) is 0 Å². The van der Waals surface area contributed by atoms with Crippen molar-refractivity contribution in [1.82, 2.24) is 9.78 Å². The van der Waals surface area contributed by atoms with Crippen LogP contribution in [0.15, 0.2) is 23.2 Å². The Morgan fingerprint density at radius 2 is 1.91 bits per heavy atom. The predicted octanol–water partition coefficient (Wildman–Crippen LogP) is 3.20. The highest BCUT2D eigenvalue weighted by molar-refractivity contribution is 14.0. The highest BCUT2D eigenvalue weighted by Crippen LogP contribution is 2.15. The van der Waals surface area contributed by atoms with Gasteiger partial charge in [-0.3, -0.25) is 4.68 Å². The Kier molecular flexibility index (Phi) is 6.40. The Morgan fingerprint density at radius 1 is 1.23 bits per heavy atom. The zero-order valence-corrected chi connectivity index (χ0v) is 16.1. The number of hydrogen-bond donors (Lipinski definition) is 2. The summed E-state index contributed by atoms with van der Waals surface area (Å²) in [6.45, 7) is 8.73. The summed E-state index contributed by atoms with van der Waals surface area (Å²) in [5.41, 5.74) is 12.7. The molecule has 3 N–H and O–H groups in total. The van der Waals surface area contributed by atoms with E-state index in [1.807, 2.05) is 31.6 Å². The topological polar surface area (TPSA) is 68.2 Å². The second kappa shape index (κ2) is 7.62. The van der Waals surface area contributed by atoms with Crippen LogP contribution in [-0.2, 0) is 13.6 Å². The van der Waals surface area contributed by atoms with E-state index in [2.05, 4.69) is 41.4 Å². The number of nitrogens with two attached hydrogens (primary N) is 1. The summed E-state index contributed by atoms with van der Waals surface area (Å²) in [4.78, 5) is 4.41. The highest BCUT2D eigenvalue weighted by Gasteiger charge is 2.08. The molecule has 120 valence electrons. The van der Waals surface area contributed by atoms with Crippen molar-refractivity contribution in [2.45, 2.75) is 34.2 Å². The van der Waals surface area contributed by atoms with Crippen LogP contribution < -0.4 is 11.1 Å². The lowest BCUT2D eigenvalue weighted by Gasteiger charge is -2.08. The minimum absolute atomic E-state index is 0. The average Bonchev–Trinajstić information content (AvgIpc) is 2.66. The first-order valence-corrected chi connectivity index (χ1v) is 7.01. The molecule has 6 heteroatoms. The molecule has 0 atom stereocenters. The number of hydrogen-bond acceptors (Lipinski definition) is 2. The molecule has 0 aliphatic rings. The number of nitrogens with one attached hydrogen (secondary N) is 1. The molecule has 1 heterocycles. The van der Waals surface area contributed by atoms with Gasteiger partial charge in [0.2, 0.25) is 0 Å². The number of aromatic nitrogens is 2. The molecule has 2 aromatic rings. The molecule has 1 aromatic carbocycles. The largest absolute Gasteiger partial charge is 0.370 e. The number of rotatable bonds is 3. The maximum absolute atomic E-state index is 5.96. The Hall–Kier alpha value is -1.57. The van der Waals surface area contributed by atoms with E-state index in [1.54, 1.807) is 0 Å². The van der Waals surface area contributed by atoms with Gasteiger partial charge in [-0.1, -0.05) is 6.07 Å². The number of aliphatic imine (C=N–C) groups is 1. The molecule has 22 heavy (non-hydrogen) atoms. The van der Waals surface area contributed by atoms with Crippen molar-refractivity contribution >= 4 is 35.6 Å². The van der Waals surface area contributed by atoms with Gasteiger partial charge in [0.25, 0.3) is 0 Å². The van der Waals surface area contributed by atoms with E-state index in [9.17, 15) is 0 Å². The smallest absolute Gasteiger partial charge is 0.193 e. The third-order valence-corrected chi connectivity index (χ3v) is 3.85. The number of nitrogens with zero attached hydrogens (tertiary/aromatic N) is 3. The molecular formula is C16H24IN5. The van der Waals surface area contributed by atoms with Gasteiger partial charge < -0.3 is 11.1 Å². The zero-order chi connectivity index (χ0) is 15.6. The lowest BCUT2D eigenvalue weighted by molar-refractivity contribution is 0.730. The molecule has 0 amide bonds. The Balaban J connectivity index is 0.00000242. The Bertz CT molecular complexity index is 688. The third kappa shape index (κ3) is 4.22. The van der Waals surface area contributed by atoms with Crippen molar-refractivity contribution in [3.63, 3.8) is 0 Å². The standard InChI is InChI=1S/C16H23N5.HI/c1-10-6-7-14(8-11(10)2)19-16(17)18-9-15-12(3)20-21(5)13(15)4;/h6-8H,9H2,1-5H3,(H3,17,18,19);1H. The maximum atomic E-state index is 5.96. The number of aryl methyl sites for hydroxylation is 4. The lowest BCUT2D eigenvalue weighted by Crippen LogP contribution is -2.22. The van der Waals surface area contributed by atoms with Crippen molar-refractivity contribution in [2.24, 2.45) is 17.8 Å². The third-order valence-electron chi connectivity index (χ3n) is 3.85. The molecule has 0 bridgehead atoms. The normalized spacial score (nSPS) is 11.2. The maximum Gasteiger partial charge on any atom is 0.193 e. The fourth-order valence-electron chi connectivity index (χ4n) is 2.22. The summed E-state index contributed by atoms with van der Waals surface area (Å²) in [7, 11) is 1.94. The molecule has 0 aliphatic carbocycles. The summed E-state index contributed by atoms with van der Waals surface area (Å²) in [6, 6.07) is 6.14. The molecule has 1 aromatic heterocycles. The molecule has 0 saturated carbocycles. The molecule has 5 nitrogen and oxygen atoms in total. The summed E-state index contributed by atoms with van der Waals surface area (Å²) < 4.78 is 1.87. The summed E-state index contributed by atoms with van der Waals surface area (Å²) >= 11 is 0. The first kappa shape index (κ1) is 18.5. The summed E-state index contributed by atoms with van der Waals surface area (Å²) in [6.07, 6.45) is 0. The van der Waals surface area contributed by atoms with Crippen molar-refractivity contribution in [3.05, 3.63) is 46.3 Å². The minimum Gasteiger partial charge on any atom is -0.370 e. The Morgan fingerprint density at radius 3 is 2.45 bits per heavy atom. The van der Waals surface area contributed by atoms with Gasteiger partial charge in [0.05, 0.1) is 12.2 Å². The van der Waals surface area contributed by atoms with Crippen LogP contribution in [0.5, 0.6) is 0 Å². The van der Waals surface area contributed by atoms with Crippen LogP contribution in [0.25, 0.3) is 0 Å². The quantitative estimate of drug-likeness (QED) is 0.462. The van der Waals surface area contributed by atoms with Crippen LogP contribution in [0, 0.1) is 27.7 Å². The van der Waals surface area contributed by atoms with Crippen LogP contribution in [0.1, 0.15) is 28.1 Å². The molecule has 0 unspecified atom stereocenters. The van der Waals surface area contributed by atoms with Crippen molar-refractivity contribution in [1.29, 1.82) is 0 Å². The van der Waals surface area contributed by atoms with Crippen LogP contribution in [0.3, 0.4) is 0 Å². The van der Waals surface area contributed by atoms with Gasteiger partial charge in [0.1, 0.15) is 0 Å². The molecular weight excluding hydrogens is 389 g/mol. The van der Waals surface area contributed by atoms with Gasteiger partial charge in [-0.2, -0.15) is 5.10 Å². The van der Waals surface area contributed by atoms with Crippen molar-refractivity contribution < 1.29 is 0 Å². The van der Waals surface area contributed by atoms with Gasteiger partial charge in [-0.25, -0.2) is 4.99 Å². The molecule has 0 radical (unpaired) electrons. The van der Waals surface area contributed by atoms with Gasteiger partial charge in [0.15, 0.2) is 5.96 Å². The first-order valence-electron chi connectivity index (χ1n) is 7.01. The van der Waals surface area contributed by atoms with E-state index < -0.39 is 0 Å². The van der Waals surface area contributed by atoms with Crippen LogP contribution in [-0.4, -0.2) is 15.7 Å². The Labute approximate surface area is 149 Å². The number of benzene rings is 1. The molecule has 0 spiro atoms. The van der Waals surface area contributed by atoms with Crippen LogP contribution in [0.4, 0.5) is 5.69 Å². The second-order valence-electron chi connectivity index (χ2n) is 5.40. The average molecular weight is 413 g/mol. The van der Waals surface area contributed by atoms with Crippen molar-refractivity contribution in [2.75, 3.05) is 5.32 Å². The summed E-state index contributed by atoms with van der Waals surface area (Å²) in [5.74, 6) is 0.418. The SMILES string of the molecule is Cc1ccc(NC(N)=NCc2c(C)nn(C)c2C)cc1C.I. The fourth-order valence-corrected chi connectivity index (χ4v) is 2.22. The predicted molar refractivity (Wildman–Crippen MR) is 103 cm³/mol. The van der Waals surface area contributed by atoms with Crippen molar-refractivity contribution in [3.8, 4) is 0 Å². The van der Waals surface area contributed by atoms with E-state index in [0.717, 1.165) is 22.6 Å². The minimum atomic E-state index is 0. The van der Waals surface area contributed by atoms with E-state index >= 15 is 0 Å². The van der Waals surface area contributed by atoms with Crippen LogP contribution >= 0.6 is 24.0 Å². The van der Waals surface area contributed by atoms with Gasteiger partial charge in [-0.05, 0) is 51.0 Å². The van der Waals surface area contributed by atoms with E-state index in [4.69, 9.17) is 5.73 Å². The van der Waals surface area contributed by atoms with E-state index in [0.29, 0.717) is 12.5 Å². The fraction of sp³-hybridized carbons (Fsp3) is 0.375. The molecule has 2 rings (SSSR count). The first-order chi connectivity index (χ1) is 9.88. The van der Waals surface area contributed by atoms with Gasteiger partial charge >= 0.3 is 0 Å². The molecule has 0 aliphatic heterocycles.